The van der Waals surface area contributed by atoms with Gasteiger partial charge in [-0.05, 0) is 44.9 Å². The average molecular weight is 378 g/mol. The van der Waals surface area contributed by atoms with E-state index in [0.717, 1.165) is 0 Å². The molecule has 0 aliphatic carbocycles. The minimum absolute atomic E-state index is 0.137. The first-order valence-electron chi connectivity index (χ1n) is 6.73. The number of methoxy groups -OCH3 is 1. The minimum Gasteiger partial charge on any atom is -0.495 e. The fraction of sp³-hybridized carbons (Fsp3) is 0.571. The monoisotopic (exact) mass is 377 g/mol. The molecule has 0 bridgehead atoms. The van der Waals surface area contributed by atoms with Gasteiger partial charge in [-0.15, -0.1) is 0 Å². The van der Waals surface area contributed by atoms with Gasteiger partial charge in [0.15, 0.2) is 0 Å². The van der Waals surface area contributed by atoms with Crippen LogP contribution in [0.5, 0.6) is 5.75 Å². The van der Waals surface area contributed by atoms with Gasteiger partial charge in [-0.1, -0.05) is 15.9 Å². The van der Waals surface area contributed by atoms with Crippen molar-refractivity contribution in [3.05, 3.63) is 22.7 Å². The molecule has 1 aliphatic heterocycles. The van der Waals surface area contributed by atoms with Gasteiger partial charge in [0, 0.05) is 17.1 Å². The number of hydrogen-bond acceptors (Lipinski definition) is 4. The molecule has 7 heteroatoms. The van der Waals surface area contributed by atoms with Crippen molar-refractivity contribution in [3.8, 4) is 5.75 Å². The van der Waals surface area contributed by atoms with E-state index in [9.17, 15) is 8.42 Å². The van der Waals surface area contributed by atoms with Crippen LogP contribution in [0.1, 0.15) is 26.7 Å². The highest BCUT2D eigenvalue weighted by atomic mass is 79.9. The number of nitrogens with one attached hydrogen (secondary N) is 1. The molecule has 1 saturated heterocycles. The van der Waals surface area contributed by atoms with Crippen LogP contribution in [0, 0.1) is 0 Å². The maximum atomic E-state index is 12.6. The third kappa shape index (κ3) is 4.18. The van der Waals surface area contributed by atoms with Crippen molar-refractivity contribution in [2.45, 2.75) is 43.2 Å². The molecule has 1 fully saturated rings. The second-order valence-electron chi connectivity index (χ2n) is 5.71. The minimum atomic E-state index is -3.64. The lowest BCUT2D eigenvalue weighted by atomic mass is 9.95. The Bertz CT molecular complexity index is 615. The predicted molar refractivity (Wildman–Crippen MR) is 84.1 cm³/mol. The van der Waals surface area contributed by atoms with Crippen molar-refractivity contribution in [1.82, 2.24) is 4.72 Å². The molecular weight excluding hydrogens is 358 g/mol. The Balaban J connectivity index is 2.24. The summed E-state index contributed by atoms with van der Waals surface area (Å²) in [5.41, 5.74) is -0.313. The summed E-state index contributed by atoms with van der Waals surface area (Å²) in [5.74, 6) is 0.331. The zero-order chi connectivity index (χ0) is 15.7. The summed E-state index contributed by atoms with van der Waals surface area (Å²) in [6.07, 6.45) is 1.31. The predicted octanol–water partition coefficient (Wildman–Crippen LogP) is 2.69. The summed E-state index contributed by atoms with van der Waals surface area (Å²) in [6.45, 7) is 4.48. The van der Waals surface area contributed by atoms with Crippen molar-refractivity contribution in [3.63, 3.8) is 0 Å². The summed E-state index contributed by atoms with van der Waals surface area (Å²) < 4.78 is 39.4. The first kappa shape index (κ1) is 16.7. The highest BCUT2D eigenvalue weighted by Crippen LogP contribution is 2.29. The maximum Gasteiger partial charge on any atom is 0.244 e. The Morgan fingerprint density at radius 1 is 1.43 bits per heavy atom. The van der Waals surface area contributed by atoms with Crippen molar-refractivity contribution in [2.75, 3.05) is 13.7 Å². The molecule has 1 heterocycles. The summed E-state index contributed by atoms with van der Waals surface area (Å²) in [5, 5.41) is 0. The topological polar surface area (TPSA) is 64.6 Å². The van der Waals surface area contributed by atoms with Crippen LogP contribution in [-0.4, -0.2) is 33.8 Å². The molecule has 1 atom stereocenters. The standard InChI is InChI=1S/C14H20BrNO4S/c1-14(2)9-11(6-7-20-14)16-21(17,18)13-8-10(15)4-5-12(13)19-3/h4-5,8,11,16H,6-7,9H2,1-3H3. The maximum absolute atomic E-state index is 12.6. The smallest absolute Gasteiger partial charge is 0.244 e. The molecule has 0 aromatic heterocycles. The summed E-state index contributed by atoms with van der Waals surface area (Å²) >= 11 is 3.29. The van der Waals surface area contributed by atoms with E-state index < -0.39 is 10.0 Å². The lowest BCUT2D eigenvalue weighted by Crippen LogP contribution is -2.45. The molecule has 2 rings (SSSR count). The van der Waals surface area contributed by atoms with Crippen LogP contribution < -0.4 is 9.46 Å². The Morgan fingerprint density at radius 3 is 2.76 bits per heavy atom. The molecule has 0 saturated carbocycles. The quantitative estimate of drug-likeness (QED) is 0.875. The molecular formula is C14H20BrNO4S. The van der Waals surface area contributed by atoms with Gasteiger partial charge in [0.25, 0.3) is 0 Å². The van der Waals surface area contributed by atoms with Gasteiger partial charge in [-0.25, -0.2) is 13.1 Å². The van der Waals surface area contributed by atoms with E-state index in [-0.39, 0.29) is 16.5 Å². The molecule has 0 amide bonds. The van der Waals surface area contributed by atoms with E-state index in [4.69, 9.17) is 9.47 Å². The SMILES string of the molecule is COc1ccc(Br)cc1S(=O)(=O)NC1CCOC(C)(C)C1. The number of ether oxygens (including phenoxy) is 2. The van der Waals surface area contributed by atoms with Crippen molar-refractivity contribution in [1.29, 1.82) is 0 Å². The van der Waals surface area contributed by atoms with E-state index in [0.29, 0.717) is 29.7 Å². The largest absolute Gasteiger partial charge is 0.495 e. The van der Waals surface area contributed by atoms with Crippen LogP contribution in [0.25, 0.3) is 0 Å². The van der Waals surface area contributed by atoms with Crippen LogP contribution in [0.3, 0.4) is 0 Å². The fourth-order valence-electron chi connectivity index (χ4n) is 2.48. The van der Waals surface area contributed by atoms with Gasteiger partial charge >= 0.3 is 0 Å². The number of halogens is 1. The summed E-state index contributed by atoms with van der Waals surface area (Å²) in [7, 11) is -2.18. The third-order valence-corrected chi connectivity index (χ3v) is 5.47. The first-order valence-corrected chi connectivity index (χ1v) is 9.01. The molecule has 0 radical (unpaired) electrons. The molecule has 1 aromatic rings. The van der Waals surface area contributed by atoms with Crippen molar-refractivity contribution in [2.24, 2.45) is 0 Å². The molecule has 1 aliphatic rings. The molecule has 118 valence electrons. The lowest BCUT2D eigenvalue weighted by Gasteiger charge is -2.35. The zero-order valence-electron chi connectivity index (χ0n) is 12.3. The Morgan fingerprint density at radius 2 is 2.14 bits per heavy atom. The van der Waals surface area contributed by atoms with Gasteiger partial charge in [0.1, 0.15) is 10.6 Å². The fourth-order valence-corrected chi connectivity index (χ4v) is 4.45. The number of hydrogen-bond donors (Lipinski definition) is 1. The van der Waals surface area contributed by atoms with Gasteiger partial charge in [-0.3, -0.25) is 0 Å². The average Bonchev–Trinajstić information content (AvgIpc) is 2.37. The van der Waals surface area contributed by atoms with E-state index in [1.165, 1.54) is 7.11 Å². The van der Waals surface area contributed by atoms with Crippen molar-refractivity contribution >= 4 is 26.0 Å². The van der Waals surface area contributed by atoms with E-state index in [2.05, 4.69) is 20.7 Å². The zero-order valence-corrected chi connectivity index (χ0v) is 14.8. The van der Waals surface area contributed by atoms with Crippen LogP contribution in [-0.2, 0) is 14.8 Å². The van der Waals surface area contributed by atoms with E-state index >= 15 is 0 Å². The Kier molecular flexibility index (Phi) is 4.97. The van der Waals surface area contributed by atoms with E-state index in [1.807, 2.05) is 13.8 Å². The van der Waals surface area contributed by atoms with Crippen LogP contribution in [0.2, 0.25) is 0 Å². The van der Waals surface area contributed by atoms with Crippen molar-refractivity contribution < 1.29 is 17.9 Å². The van der Waals surface area contributed by atoms with Crippen LogP contribution in [0.4, 0.5) is 0 Å². The summed E-state index contributed by atoms with van der Waals surface area (Å²) in [4.78, 5) is 0.142. The Labute approximate surface area is 134 Å². The third-order valence-electron chi connectivity index (χ3n) is 3.43. The van der Waals surface area contributed by atoms with Gasteiger partial charge in [-0.2, -0.15) is 0 Å². The first-order chi connectivity index (χ1) is 9.73. The van der Waals surface area contributed by atoms with Gasteiger partial charge in [0.2, 0.25) is 10.0 Å². The number of sulfonamides is 1. The lowest BCUT2D eigenvalue weighted by molar-refractivity contribution is -0.0599. The normalized spacial score (nSPS) is 22.0. The highest BCUT2D eigenvalue weighted by molar-refractivity contribution is 9.10. The Hall–Kier alpha value is -0.630. The molecule has 1 N–H and O–H groups in total. The second-order valence-corrected chi connectivity index (χ2v) is 8.31. The molecule has 0 spiro atoms. The molecule has 1 aromatic carbocycles. The molecule has 21 heavy (non-hydrogen) atoms. The highest BCUT2D eigenvalue weighted by Gasteiger charge is 2.32. The number of benzene rings is 1. The number of rotatable bonds is 4. The summed E-state index contributed by atoms with van der Waals surface area (Å²) in [6, 6.07) is 4.79. The van der Waals surface area contributed by atoms with E-state index in [1.54, 1.807) is 18.2 Å². The van der Waals surface area contributed by atoms with Gasteiger partial charge < -0.3 is 9.47 Å². The van der Waals surface area contributed by atoms with Crippen LogP contribution >= 0.6 is 15.9 Å². The molecule has 5 nitrogen and oxygen atoms in total. The molecule has 1 unspecified atom stereocenters. The van der Waals surface area contributed by atoms with Gasteiger partial charge in [0.05, 0.1) is 12.7 Å². The van der Waals surface area contributed by atoms with Crippen LogP contribution in [0.15, 0.2) is 27.6 Å². The second kappa shape index (κ2) is 6.24.